The van der Waals surface area contributed by atoms with E-state index in [1.54, 1.807) is 12.1 Å². The summed E-state index contributed by atoms with van der Waals surface area (Å²) in [6.07, 6.45) is 11.3. The Morgan fingerprint density at radius 3 is 2.00 bits per heavy atom. The molecule has 0 atom stereocenters. The molecule has 6 nitrogen and oxygen atoms in total. The molecule has 0 radical (unpaired) electrons. The number of ether oxygens (including phenoxy) is 2. The van der Waals surface area contributed by atoms with Crippen LogP contribution in [0, 0.1) is 6.92 Å². The summed E-state index contributed by atoms with van der Waals surface area (Å²) in [4.78, 5) is 11.8. The van der Waals surface area contributed by atoms with Gasteiger partial charge in [-0.25, -0.2) is 0 Å². The fourth-order valence-corrected chi connectivity index (χ4v) is 3.84. The molecule has 0 saturated carbocycles. The van der Waals surface area contributed by atoms with Crippen LogP contribution in [-0.4, -0.2) is 40.8 Å². The molecule has 0 aliphatic rings. The van der Waals surface area contributed by atoms with Crippen molar-refractivity contribution in [2.45, 2.75) is 83.0 Å². The lowest BCUT2D eigenvalue weighted by Crippen LogP contribution is -2.15. The van der Waals surface area contributed by atoms with Gasteiger partial charge >= 0.3 is 5.97 Å². The first-order valence-corrected chi connectivity index (χ1v) is 12.6. The zero-order valence-electron chi connectivity index (χ0n) is 18.6. The molecule has 7 heteroatoms. The van der Waals surface area contributed by atoms with Gasteiger partial charge in [0, 0.05) is 6.42 Å². The van der Waals surface area contributed by atoms with E-state index in [9.17, 15) is 13.2 Å². The fraction of sp³-hybridized carbons (Fsp3) is 0.696. The summed E-state index contributed by atoms with van der Waals surface area (Å²) in [6, 6.07) is 6.46. The average molecular weight is 443 g/mol. The predicted octanol–water partition coefficient (Wildman–Crippen LogP) is 5.18. The average Bonchev–Trinajstić information content (AvgIpc) is 2.72. The number of carbonyl (C=O) groups excluding carboxylic acids is 1. The summed E-state index contributed by atoms with van der Waals surface area (Å²) in [6.45, 7) is 4.52. The molecule has 1 aromatic rings. The first-order valence-electron chi connectivity index (χ1n) is 11.1. The van der Waals surface area contributed by atoms with Crippen LogP contribution in [0.3, 0.4) is 0 Å². The maximum atomic E-state index is 12.0. The second kappa shape index (κ2) is 16.3. The number of unbranched alkanes of at least 4 members (excludes halogenated alkanes) is 8. The smallest absolute Gasteiger partial charge is 0.305 e. The third-order valence-electron chi connectivity index (χ3n) is 4.75. The lowest BCUT2D eigenvalue weighted by molar-refractivity contribution is -0.145. The van der Waals surface area contributed by atoms with E-state index in [1.807, 2.05) is 6.92 Å². The molecule has 30 heavy (non-hydrogen) atoms. The highest BCUT2D eigenvalue weighted by molar-refractivity contribution is 7.86. The van der Waals surface area contributed by atoms with Gasteiger partial charge in [0.05, 0.1) is 24.7 Å². The first-order chi connectivity index (χ1) is 14.5. The van der Waals surface area contributed by atoms with Crippen LogP contribution in [0.1, 0.15) is 76.7 Å². The van der Waals surface area contributed by atoms with Crippen molar-refractivity contribution in [2.75, 3.05) is 26.4 Å². The van der Waals surface area contributed by atoms with Crippen molar-refractivity contribution in [3.63, 3.8) is 0 Å². The van der Waals surface area contributed by atoms with Crippen molar-refractivity contribution < 1.29 is 26.9 Å². The van der Waals surface area contributed by atoms with E-state index in [-0.39, 0.29) is 37.3 Å². The van der Waals surface area contributed by atoms with Crippen LogP contribution < -0.4 is 0 Å². The summed E-state index contributed by atoms with van der Waals surface area (Å²) in [5.74, 6) is -0.209. The number of esters is 1. The first kappa shape index (κ1) is 26.6. The van der Waals surface area contributed by atoms with Gasteiger partial charge in [-0.3, -0.25) is 8.98 Å². The Labute approximate surface area is 182 Å². The third-order valence-corrected chi connectivity index (χ3v) is 6.08. The Bertz CT molecular complexity index is 669. The minimum Gasteiger partial charge on any atom is -0.463 e. The topological polar surface area (TPSA) is 78.9 Å². The van der Waals surface area contributed by atoms with E-state index in [2.05, 4.69) is 6.92 Å². The molecule has 0 fully saturated rings. The number of carbonyl (C=O) groups is 1. The summed E-state index contributed by atoms with van der Waals surface area (Å²) < 4.78 is 39.3. The minimum absolute atomic E-state index is 0.0808. The molecule has 0 unspecified atom stereocenters. The van der Waals surface area contributed by atoms with Crippen LogP contribution in [0.4, 0.5) is 0 Å². The van der Waals surface area contributed by atoms with Crippen LogP contribution in [0.15, 0.2) is 29.2 Å². The molecule has 0 aliphatic heterocycles. The number of hydrogen-bond acceptors (Lipinski definition) is 6. The van der Waals surface area contributed by atoms with Crippen LogP contribution in [-0.2, 0) is 28.6 Å². The molecule has 0 spiro atoms. The summed E-state index contributed by atoms with van der Waals surface area (Å²) in [5.41, 5.74) is 0.977. The molecule has 172 valence electrons. The van der Waals surface area contributed by atoms with Gasteiger partial charge in [0.2, 0.25) is 0 Å². The highest BCUT2D eigenvalue weighted by atomic mass is 32.2. The number of aryl methyl sites for hydroxylation is 1. The molecule has 0 N–H and O–H groups in total. The Morgan fingerprint density at radius 1 is 0.800 bits per heavy atom. The normalized spacial score (nSPS) is 11.5. The summed E-state index contributed by atoms with van der Waals surface area (Å²) in [7, 11) is -3.77. The van der Waals surface area contributed by atoms with Gasteiger partial charge in [-0.1, -0.05) is 76.0 Å². The van der Waals surface area contributed by atoms with Gasteiger partial charge in [-0.05, 0) is 25.5 Å². The molecule has 0 bridgehead atoms. The van der Waals surface area contributed by atoms with E-state index in [4.69, 9.17) is 13.7 Å². The minimum atomic E-state index is -3.77. The Balaban J connectivity index is 1.95. The number of hydrogen-bond donors (Lipinski definition) is 0. The zero-order valence-corrected chi connectivity index (χ0v) is 19.4. The highest BCUT2D eigenvalue weighted by Crippen LogP contribution is 2.13. The zero-order chi connectivity index (χ0) is 22.1. The maximum absolute atomic E-state index is 12.0. The van der Waals surface area contributed by atoms with E-state index in [1.165, 1.54) is 57.1 Å². The molecular formula is C23H38O6S. The molecule has 1 rings (SSSR count). The van der Waals surface area contributed by atoms with Crippen molar-refractivity contribution in [3.8, 4) is 0 Å². The third kappa shape index (κ3) is 13.0. The van der Waals surface area contributed by atoms with Gasteiger partial charge in [0.1, 0.15) is 6.61 Å². The van der Waals surface area contributed by atoms with E-state index < -0.39 is 10.1 Å². The summed E-state index contributed by atoms with van der Waals surface area (Å²) in [5, 5.41) is 0. The number of benzene rings is 1. The van der Waals surface area contributed by atoms with Crippen molar-refractivity contribution in [3.05, 3.63) is 29.8 Å². The van der Waals surface area contributed by atoms with Gasteiger partial charge < -0.3 is 9.47 Å². The second-order valence-corrected chi connectivity index (χ2v) is 9.12. The highest BCUT2D eigenvalue weighted by Gasteiger charge is 2.14. The fourth-order valence-electron chi connectivity index (χ4n) is 2.94. The molecule has 0 amide bonds. The standard InChI is InChI=1S/C23H38O6S/c1-3-4-5-6-7-8-9-10-11-12-23(24)28-19-17-27-18-20-29-30(25,26)22-15-13-21(2)14-16-22/h13-16H,3-12,17-20H2,1-2H3. The van der Waals surface area contributed by atoms with Gasteiger partial charge in [-0.2, -0.15) is 8.42 Å². The molecule has 0 aromatic heterocycles. The molecule has 0 heterocycles. The van der Waals surface area contributed by atoms with Crippen LogP contribution in [0.5, 0.6) is 0 Å². The lowest BCUT2D eigenvalue weighted by atomic mass is 10.1. The van der Waals surface area contributed by atoms with Crippen LogP contribution in [0.2, 0.25) is 0 Å². The number of rotatable bonds is 18. The van der Waals surface area contributed by atoms with Crippen LogP contribution in [0.25, 0.3) is 0 Å². The SMILES string of the molecule is CCCCCCCCCCCC(=O)OCCOCCOS(=O)(=O)c1ccc(C)cc1. The van der Waals surface area contributed by atoms with Gasteiger partial charge in [0.25, 0.3) is 10.1 Å². The Morgan fingerprint density at radius 2 is 1.37 bits per heavy atom. The second-order valence-electron chi connectivity index (χ2n) is 7.50. The Kier molecular flexibility index (Phi) is 14.4. The van der Waals surface area contributed by atoms with Gasteiger partial charge in [-0.15, -0.1) is 0 Å². The van der Waals surface area contributed by atoms with Crippen LogP contribution >= 0.6 is 0 Å². The van der Waals surface area contributed by atoms with E-state index >= 15 is 0 Å². The predicted molar refractivity (Wildman–Crippen MR) is 118 cm³/mol. The van der Waals surface area contributed by atoms with Crippen molar-refractivity contribution in [2.24, 2.45) is 0 Å². The molecule has 0 saturated heterocycles. The van der Waals surface area contributed by atoms with Gasteiger partial charge in [0.15, 0.2) is 0 Å². The van der Waals surface area contributed by atoms with E-state index in [0.29, 0.717) is 6.42 Å². The monoisotopic (exact) mass is 442 g/mol. The van der Waals surface area contributed by atoms with Crippen molar-refractivity contribution >= 4 is 16.1 Å². The molecular weight excluding hydrogens is 404 g/mol. The lowest BCUT2D eigenvalue weighted by Gasteiger charge is -2.08. The largest absolute Gasteiger partial charge is 0.463 e. The summed E-state index contributed by atoms with van der Waals surface area (Å²) >= 11 is 0. The van der Waals surface area contributed by atoms with Crippen molar-refractivity contribution in [1.29, 1.82) is 0 Å². The Hall–Kier alpha value is -1.44. The van der Waals surface area contributed by atoms with E-state index in [0.717, 1.165) is 18.4 Å². The van der Waals surface area contributed by atoms with Crippen molar-refractivity contribution in [1.82, 2.24) is 0 Å². The maximum Gasteiger partial charge on any atom is 0.305 e. The molecule has 1 aromatic carbocycles. The molecule has 0 aliphatic carbocycles. The quantitative estimate of drug-likeness (QED) is 0.177.